The molecule has 0 fully saturated rings. The second kappa shape index (κ2) is 8.42. The minimum Gasteiger partial charge on any atom is -0.506 e. The molecule has 6 heteroatoms. The molecule has 0 radical (unpaired) electrons. The summed E-state index contributed by atoms with van der Waals surface area (Å²) in [5, 5.41) is 14.0. The molecule has 0 spiro atoms. The first-order chi connectivity index (χ1) is 15.7. The zero-order chi connectivity index (χ0) is 21.7. The largest absolute Gasteiger partial charge is 0.506 e. The molecule has 3 aromatic carbocycles. The Morgan fingerprint density at radius 1 is 0.906 bits per heavy atom. The summed E-state index contributed by atoms with van der Waals surface area (Å²) in [4.78, 5) is 10.1. The molecule has 0 saturated heterocycles. The van der Waals surface area contributed by atoms with Crippen LogP contribution in [0.2, 0.25) is 0 Å². The van der Waals surface area contributed by atoms with Gasteiger partial charge in [-0.05, 0) is 41.8 Å². The molecule has 0 saturated carbocycles. The van der Waals surface area contributed by atoms with Gasteiger partial charge >= 0.3 is 0 Å². The summed E-state index contributed by atoms with van der Waals surface area (Å²) in [5.74, 6) is 0.863. The zero-order valence-corrected chi connectivity index (χ0v) is 19.7. The minimum absolute atomic E-state index is 0. The van der Waals surface area contributed by atoms with Gasteiger partial charge in [0.25, 0.3) is 0 Å². The van der Waals surface area contributed by atoms with E-state index in [1.54, 1.807) is 24.4 Å². The number of benzene rings is 3. The van der Waals surface area contributed by atoms with Gasteiger partial charge in [0.2, 0.25) is 0 Å². The van der Waals surface area contributed by atoms with Crippen molar-refractivity contribution in [2.24, 2.45) is 0 Å². The van der Waals surface area contributed by atoms with Crippen LogP contribution in [0.4, 0.5) is 0 Å². The van der Waals surface area contributed by atoms with E-state index in [0.29, 0.717) is 17.4 Å². The van der Waals surface area contributed by atoms with Gasteiger partial charge in [0.1, 0.15) is 17.1 Å². The Labute approximate surface area is 204 Å². The molecule has 158 valence electrons. The van der Waals surface area contributed by atoms with Gasteiger partial charge in [0, 0.05) is 38.2 Å². The van der Waals surface area contributed by atoms with Crippen LogP contribution in [-0.2, 0) is 21.1 Å². The van der Waals surface area contributed by atoms with E-state index in [4.69, 9.17) is 1.37 Å². The number of pyridine rings is 2. The average molecular weight is 615 g/mol. The van der Waals surface area contributed by atoms with E-state index in [2.05, 4.69) is 34.2 Å². The van der Waals surface area contributed by atoms with Crippen LogP contribution in [0.1, 0.15) is 1.37 Å². The van der Waals surface area contributed by atoms with Crippen LogP contribution in [0.15, 0.2) is 101 Å². The maximum atomic E-state index is 10.2. The average Bonchev–Trinajstić information content (AvgIpc) is 3.13. The predicted molar refractivity (Wildman–Crippen MR) is 125 cm³/mol. The Morgan fingerprint density at radius 2 is 1.81 bits per heavy atom. The number of aromatic nitrogens is 3. The van der Waals surface area contributed by atoms with Gasteiger partial charge in [0.05, 0.1) is 6.40 Å². The quantitative estimate of drug-likeness (QED) is 0.235. The first-order valence-electron chi connectivity index (χ1n) is 10.3. The molecular weight excluding hydrogens is 597 g/mol. The van der Waals surface area contributed by atoms with Crippen LogP contribution in [0.25, 0.3) is 38.5 Å². The predicted octanol–water partition coefficient (Wildman–Crippen LogP) is 6.38. The van der Waals surface area contributed by atoms with E-state index < -0.39 is 0 Å². The van der Waals surface area contributed by atoms with Crippen molar-refractivity contribution in [2.45, 2.75) is 9.92 Å². The van der Waals surface area contributed by atoms with E-state index in [-0.39, 0.29) is 26.8 Å². The molecule has 3 aromatic heterocycles. The Bertz CT molecular complexity index is 1650. The van der Waals surface area contributed by atoms with Crippen molar-refractivity contribution >= 4 is 44.5 Å². The molecule has 0 bridgehead atoms. The van der Waals surface area contributed by atoms with Crippen LogP contribution in [0.3, 0.4) is 0 Å². The van der Waals surface area contributed by atoms with Crippen LogP contribution >= 0.6 is 11.8 Å². The van der Waals surface area contributed by atoms with Crippen LogP contribution in [0, 0.1) is 6.07 Å². The number of hydrogen-bond donors (Lipinski definition) is 1. The minimum atomic E-state index is 0. The van der Waals surface area contributed by atoms with E-state index in [9.17, 15) is 5.11 Å². The Balaban J connectivity index is 0.00000228. The number of fused-ring (bicyclic) bond motifs is 4. The third-order valence-corrected chi connectivity index (χ3v) is 6.16. The van der Waals surface area contributed by atoms with Crippen molar-refractivity contribution in [1.29, 1.82) is 0 Å². The molecule has 0 aliphatic heterocycles. The number of phenolic OH excluding ortho intramolecular Hbond substituents is 1. The van der Waals surface area contributed by atoms with Gasteiger partial charge in [-0.2, -0.15) is 12.1 Å². The van der Waals surface area contributed by atoms with E-state index in [1.807, 2.05) is 47.0 Å². The van der Waals surface area contributed by atoms with Gasteiger partial charge in [0.15, 0.2) is 0 Å². The number of phenols is 1. The summed E-state index contributed by atoms with van der Waals surface area (Å²) >= 11 is 1.49. The maximum absolute atomic E-state index is 10.2. The van der Waals surface area contributed by atoms with Crippen molar-refractivity contribution < 1.29 is 27.5 Å². The van der Waals surface area contributed by atoms with Crippen molar-refractivity contribution in [3.8, 4) is 11.6 Å². The SMILES string of the molecule is [2H]c1ccnc(-n2c3[c-]c(Sc4ccc5cccc(O)c5n4)ccc3c3ccccc32)c1.[Pt]. The van der Waals surface area contributed by atoms with E-state index in [1.165, 1.54) is 11.8 Å². The Morgan fingerprint density at radius 3 is 2.72 bits per heavy atom. The number of hydrogen-bond acceptors (Lipinski definition) is 4. The van der Waals surface area contributed by atoms with Gasteiger partial charge in [-0.3, -0.25) is 0 Å². The topological polar surface area (TPSA) is 50.9 Å². The molecule has 0 aliphatic carbocycles. The summed E-state index contributed by atoms with van der Waals surface area (Å²) in [6.07, 6.45) is 1.66. The van der Waals surface area contributed by atoms with E-state index >= 15 is 0 Å². The molecule has 0 unspecified atom stereocenters. The second-order valence-corrected chi connectivity index (χ2v) is 8.21. The van der Waals surface area contributed by atoms with Gasteiger partial charge in [-0.15, -0.1) is 11.5 Å². The molecule has 1 N–H and O–H groups in total. The fourth-order valence-electron chi connectivity index (χ4n) is 3.89. The molecule has 4 nitrogen and oxygen atoms in total. The second-order valence-electron chi connectivity index (χ2n) is 7.15. The summed E-state index contributed by atoms with van der Waals surface area (Å²) in [6.45, 7) is 0. The summed E-state index contributed by atoms with van der Waals surface area (Å²) in [5.41, 5.74) is 2.51. The Kier molecular flexibility index (Phi) is 5.14. The Hall–Kier alpha value is -3.14. The molecule has 0 amide bonds. The summed E-state index contributed by atoms with van der Waals surface area (Å²) in [6, 6.07) is 29.0. The van der Waals surface area contributed by atoms with Crippen LogP contribution in [-0.4, -0.2) is 19.6 Å². The molecule has 0 atom stereocenters. The van der Waals surface area contributed by atoms with Crippen molar-refractivity contribution in [3.63, 3.8) is 0 Å². The first-order valence-corrected chi connectivity index (χ1v) is 10.6. The first kappa shape index (κ1) is 19.5. The standard InChI is InChI=1S/C26H16N3OS.Pt/c30-23-9-5-6-17-11-14-25(28-26(17)23)31-18-12-13-20-19-7-1-2-8-21(19)29(22(20)16-18)24-10-3-4-15-27-24;/h1-15,30H;/q-1;/i3D;. The third-order valence-electron chi connectivity index (χ3n) is 5.26. The van der Waals surface area contributed by atoms with Gasteiger partial charge in [-0.1, -0.05) is 58.5 Å². The molecular formula is C26H16N3OPtS-. The van der Waals surface area contributed by atoms with Gasteiger partial charge < -0.3 is 9.67 Å². The molecule has 32 heavy (non-hydrogen) atoms. The number of rotatable bonds is 3. The van der Waals surface area contributed by atoms with Crippen molar-refractivity contribution in [3.05, 3.63) is 97.2 Å². The molecule has 6 rings (SSSR count). The molecule has 0 aliphatic rings. The third kappa shape index (κ3) is 3.48. The zero-order valence-electron chi connectivity index (χ0n) is 17.6. The number of para-hydroxylation sites is 2. The maximum Gasteiger partial charge on any atom is 0.141 e. The van der Waals surface area contributed by atoms with Crippen LogP contribution in [0.5, 0.6) is 5.75 Å². The van der Waals surface area contributed by atoms with Crippen LogP contribution < -0.4 is 0 Å². The van der Waals surface area contributed by atoms with Gasteiger partial charge in [-0.25, -0.2) is 9.97 Å². The fourth-order valence-corrected chi connectivity index (χ4v) is 4.68. The monoisotopic (exact) mass is 614 g/mol. The smallest absolute Gasteiger partial charge is 0.141 e. The number of aromatic hydroxyl groups is 1. The fraction of sp³-hybridized carbons (Fsp3) is 0. The number of nitrogens with zero attached hydrogens (tertiary/aromatic N) is 3. The van der Waals surface area contributed by atoms with E-state index in [0.717, 1.165) is 37.1 Å². The summed E-state index contributed by atoms with van der Waals surface area (Å²) < 4.78 is 10.1. The summed E-state index contributed by atoms with van der Waals surface area (Å²) in [7, 11) is 0. The van der Waals surface area contributed by atoms with Crippen molar-refractivity contribution in [2.75, 3.05) is 0 Å². The normalized spacial score (nSPS) is 11.6. The molecule has 3 heterocycles. The van der Waals surface area contributed by atoms with Crippen molar-refractivity contribution in [1.82, 2.24) is 14.5 Å². The molecule has 6 aromatic rings.